The molecule has 136 valence electrons. The summed E-state index contributed by atoms with van der Waals surface area (Å²) in [6, 6.07) is 7.34. The van der Waals surface area contributed by atoms with Crippen LogP contribution in [0.15, 0.2) is 44.2 Å². The van der Waals surface area contributed by atoms with Crippen LogP contribution in [0.1, 0.15) is 31.3 Å². The predicted octanol–water partition coefficient (Wildman–Crippen LogP) is 3.47. The highest BCUT2D eigenvalue weighted by Crippen LogP contribution is 2.25. The van der Waals surface area contributed by atoms with Gasteiger partial charge in [-0.1, -0.05) is 0 Å². The third kappa shape index (κ3) is 3.33. The number of anilines is 1. The molecule has 0 bridgehead atoms. The van der Waals surface area contributed by atoms with Gasteiger partial charge in [0, 0.05) is 30.2 Å². The number of nitrogens with zero attached hydrogens (tertiary/aromatic N) is 2. The monoisotopic (exact) mass is 356 g/mol. The van der Waals surface area contributed by atoms with Gasteiger partial charge in [-0.25, -0.2) is 14.6 Å². The van der Waals surface area contributed by atoms with Crippen molar-refractivity contribution in [2.24, 2.45) is 0 Å². The molecule has 7 heteroatoms. The first-order chi connectivity index (χ1) is 12.6. The quantitative estimate of drug-likeness (QED) is 0.494. The first kappa shape index (κ1) is 17.7. The van der Waals surface area contributed by atoms with Gasteiger partial charge in [-0.15, -0.1) is 0 Å². The molecular weight excluding hydrogens is 336 g/mol. The van der Waals surface area contributed by atoms with Gasteiger partial charge in [0.15, 0.2) is 5.69 Å². The average molecular weight is 356 g/mol. The van der Waals surface area contributed by atoms with Crippen molar-refractivity contribution in [1.82, 2.24) is 4.98 Å². The maximum Gasteiger partial charge on any atom is 0.360 e. The van der Waals surface area contributed by atoms with Crippen LogP contribution in [0.4, 0.5) is 5.69 Å². The van der Waals surface area contributed by atoms with Crippen LogP contribution in [0.25, 0.3) is 22.4 Å². The number of hydrogen-bond acceptors (Lipinski definition) is 7. The van der Waals surface area contributed by atoms with E-state index in [9.17, 15) is 9.59 Å². The third-order valence-corrected chi connectivity index (χ3v) is 4.07. The minimum absolute atomic E-state index is 0.0122. The molecule has 0 saturated carbocycles. The molecule has 0 aliphatic rings. The van der Waals surface area contributed by atoms with Crippen molar-refractivity contribution in [2.75, 3.05) is 24.6 Å². The summed E-state index contributed by atoms with van der Waals surface area (Å²) in [5.74, 6) is -0.576. The fourth-order valence-electron chi connectivity index (χ4n) is 2.73. The number of hydrogen-bond donors (Lipinski definition) is 0. The number of benzene rings is 1. The minimum atomic E-state index is -0.600. The van der Waals surface area contributed by atoms with E-state index in [1.54, 1.807) is 13.0 Å². The van der Waals surface area contributed by atoms with Crippen molar-refractivity contribution >= 4 is 22.6 Å². The number of esters is 1. The number of oxazole rings is 1. The Bertz CT molecular complexity index is 985. The Morgan fingerprint density at radius 1 is 1.19 bits per heavy atom. The zero-order chi connectivity index (χ0) is 18.7. The molecule has 2 aromatic heterocycles. The highest BCUT2D eigenvalue weighted by Gasteiger charge is 2.18. The van der Waals surface area contributed by atoms with E-state index >= 15 is 0 Å². The van der Waals surface area contributed by atoms with E-state index in [1.807, 2.05) is 18.2 Å². The number of fused-ring (bicyclic) bond motifs is 1. The second-order valence-electron chi connectivity index (χ2n) is 5.60. The molecule has 3 rings (SSSR count). The minimum Gasteiger partial charge on any atom is -0.461 e. The molecule has 0 saturated heterocycles. The van der Waals surface area contributed by atoms with Crippen molar-refractivity contribution < 1.29 is 18.4 Å². The fraction of sp³-hybridized carbons (Fsp3) is 0.316. The van der Waals surface area contributed by atoms with E-state index in [-0.39, 0.29) is 23.8 Å². The molecule has 0 aliphatic carbocycles. The maximum atomic E-state index is 12.4. The standard InChI is InChI=1S/C19H20N2O5/c1-4-21(5-2)13-8-7-12-9-14(18(22)26-16(12)10-13)17-20-15(11-25-17)19(23)24-6-3/h7-11H,4-6H2,1-3H3. The predicted molar refractivity (Wildman–Crippen MR) is 97.5 cm³/mol. The molecule has 0 radical (unpaired) electrons. The van der Waals surface area contributed by atoms with Gasteiger partial charge in [0.2, 0.25) is 5.89 Å². The van der Waals surface area contributed by atoms with Gasteiger partial charge in [-0.05, 0) is 39.0 Å². The van der Waals surface area contributed by atoms with Crippen molar-refractivity contribution in [3.63, 3.8) is 0 Å². The highest BCUT2D eigenvalue weighted by atomic mass is 16.5. The molecule has 1 aromatic carbocycles. The fourth-order valence-corrected chi connectivity index (χ4v) is 2.73. The zero-order valence-corrected chi connectivity index (χ0v) is 14.9. The van der Waals surface area contributed by atoms with E-state index in [4.69, 9.17) is 13.6 Å². The molecule has 0 spiro atoms. The molecule has 0 fully saturated rings. The maximum absolute atomic E-state index is 12.4. The van der Waals surface area contributed by atoms with Crippen LogP contribution in [0.3, 0.4) is 0 Å². The van der Waals surface area contributed by atoms with Gasteiger partial charge in [-0.2, -0.15) is 0 Å². The zero-order valence-electron chi connectivity index (χ0n) is 14.9. The summed E-state index contributed by atoms with van der Waals surface area (Å²) < 4.78 is 15.6. The van der Waals surface area contributed by atoms with Gasteiger partial charge in [0.25, 0.3) is 0 Å². The first-order valence-corrected chi connectivity index (χ1v) is 8.53. The lowest BCUT2D eigenvalue weighted by Crippen LogP contribution is -2.21. The summed E-state index contributed by atoms with van der Waals surface area (Å²) in [6.07, 6.45) is 1.17. The van der Waals surface area contributed by atoms with Crippen molar-refractivity contribution in [1.29, 1.82) is 0 Å². The van der Waals surface area contributed by atoms with E-state index < -0.39 is 11.6 Å². The van der Waals surface area contributed by atoms with E-state index in [0.29, 0.717) is 5.58 Å². The van der Waals surface area contributed by atoms with Crippen molar-refractivity contribution in [2.45, 2.75) is 20.8 Å². The largest absolute Gasteiger partial charge is 0.461 e. The Labute approximate surface area is 150 Å². The average Bonchev–Trinajstić information content (AvgIpc) is 3.12. The Morgan fingerprint density at radius 3 is 2.65 bits per heavy atom. The van der Waals surface area contributed by atoms with Gasteiger partial charge < -0.3 is 18.5 Å². The summed E-state index contributed by atoms with van der Waals surface area (Å²) in [6.45, 7) is 7.78. The van der Waals surface area contributed by atoms with E-state index in [0.717, 1.165) is 24.2 Å². The van der Waals surface area contributed by atoms with Gasteiger partial charge in [0.05, 0.1) is 6.61 Å². The molecule has 2 heterocycles. The summed E-state index contributed by atoms with van der Waals surface area (Å²) in [5, 5.41) is 0.742. The molecule has 0 amide bonds. The number of rotatable bonds is 6. The second kappa shape index (κ2) is 7.43. The summed E-state index contributed by atoms with van der Waals surface area (Å²) in [7, 11) is 0. The summed E-state index contributed by atoms with van der Waals surface area (Å²) >= 11 is 0. The van der Waals surface area contributed by atoms with E-state index in [2.05, 4.69) is 23.7 Å². The van der Waals surface area contributed by atoms with Gasteiger partial charge in [-0.3, -0.25) is 0 Å². The van der Waals surface area contributed by atoms with Crippen LogP contribution in [-0.4, -0.2) is 30.6 Å². The van der Waals surface area contributed by atoms with Crippen LogP contribution in [0, 0.1) is 0 Å². The van der Waals surface area contributed by atoms with Crippen LogP contribution in [-0.2, 0) is 4.74 Å². The molecule has 7 nitrogen and oxygen atoms in total. The Morgan fingerprint density at radius 2 is 1.96 bits per heavy atom. The molecule has 26 heavy (non-hydrogen) atoms. The smallest absolute Gasteiger partial charge is 0.360 e. The van der Waals surface area contributed by atoms with Crippen LogP contribution < -0.4 is 10.5 Å². The number of carbonyl (C=O) groups is 1. The Balaban J connectivity index is 2.01. The van der Waals surface area contributed by atoms with Crippen molar-refractivity contribution in [3.05, 3.63) is 46.6 Å². The van der Waals surface area contributed by atoms with E-state index in [1.165, 1.54) is 6.26 Å². The molecular formula is C19H20N2O5. The lowest BCUT2D eigenvalue weighted by Gasteiger charge is -2.20. The van der Waals surface area contributed by atoms with Gasteiger partial charge in [0.1, 0.15) is 17.4 Å². The van der Waals surface area contributed by atoms with Crippen LogP contribution in [0.5, 0.6) is 0 Å². The Kier molecular flexibility index (Phi) is 5.06. The first-order valence-electron chi connectivity index (χ1n) is 8.53. The van der Waals surface area contributed by atoms with Crippen molar-refractivity contribution in [3.8, 4) is 11.5 Å². The normalized spacial score (nSPS) is 10.9. The number of carbonyl (C=O) groups excluding carboxylic acids is 1. The molecule has 0 unspecified atom stereocenters. The summed E-state index contributed by atoms with van der Waals surface area (Å²) in [4.78, 5) is 30.2. The molecule has 3 aromatic rings. The lowest BCUT2D eigenvalue weighted by atomic mass is 10.1. The van der Waals surface area contributed by atoms with Crippen LogP contribution in [0.2, 0.25) is 0 Å². The molecule has 0 aliphatic heterocycles. The molecule has 0 atom stereocenters. The SMILES string of the molecule is CCOC(=O)c1coc(-c2cc3ccc(N(CC)CC)cc3oc2=O)n1. The van der Waals surface area contributed by atoms with Gasteiger partial charge >= 0.3 is 11.6 Å². The number of ether oxygens (including phenoxy) is 1. The lowest BCUT2D eigenvalue weighted by molar-refractivity contribution is 0.0519. The van der Waals surface area contributed by atoms with Crippen LogP contribution >= 0.6 is 0 Å². The third-order valence-electron chi connectivity index (χ3n) is 4.07. The second-order valence-corrected chi connectivity index (χ2v) is 5.60. The topological polar surface area (TPSA) is 85.8 Å². The summed E-state index contributed by atoms with van der Waals surface area (Å²) in [5.41, 5.74) is 1.06. The number of aromatic nitrogens is 1. The highest BCUT2D eigenvalue weighted by molar-refractivity contribution is 5.88. The Hall–Kier alpha value is -3.09. The molecule has 0 N–H and O–H groups in total.